The molecule has 4 rings (SSSR count). The summed E-state index contributed by atoms with van der Waals surface area (Å²) in [5.74, 6) is 0.505. The van der Waals surface area contributed by atoms with Gasteiger partial charge in [0, 0.05) is 32.2 Å². The van der Waals surface area contributed by atoms with Crippen LogP contribution in [-0.2, 0) is 14.8 Å². The van der Waals surface area contributed by atoms with Crippen LogP contribution in [0.25, 0.3) is 11.0 Å². The van der Waals surface area contributed by atoms with Crippen LogP contribution in [0.2, 0.25) is 0 Å². The predicted molar refractivity (Wildman–Crippen MR) is 114 cm³/mol. The number of fused-ring (bicyclic) bond motifs is 1. The Bertz CT molecular complexity index is 1020. The van der Waals surface area contributed by atoms with Gasteiger partial charge in [-0.1, -0.05) is 12.1 Å². The van der Waals surface area contributed by atoms with Gasteiger partial charge in [-0.3, -0.25) is 4.79 Å². The second-order valence-electron chi connectivity index (χ2n) is 8.99. The van der Waals surface area contributed by atoms with E-state index in [-0.39, 0.29) is 29.3 Å². The molecule has 2 fully saturated rings. The third-order valence-corrected chi connectivity index (χ3v) is 8.26. The molecule has 0 N–H and O–H groups in total. The summed E-state index contributed by atoms with van der Waals surface area (Å²) in [6.07, 6.45) is 3.50. The van der Waals surface area contributed by atoms with Crippen molar-refractivity contribution >= 4 is 27.0 Å². The maximum atomic E-state index is 13.3. The Hall–Kier alpha value is -2.00. The molecule has 3 heterocycles. The van der Waals surface area contributed by atoms with E-state index in [4.69, 9.17) is 0 Å². The number of hydrogen-bond acceptors (Lipinski definition) is 5. The highest BCUT2D eigenvalue weighted by Crippen LogP contribution is 2.28. The Morgan fingerprint density at radius 3 is 2.57 bits per heavy atom. The lowest BCUT2D eigenvalue weighted by atomic mass is 9.94. The molecule has 2 saturated heterocycles. The average Bonchev–Trinajstić information content (AvgIpc) is 3.17. The van der Waals surface area contributed by atoms with Gasteiger partial charge in [0.2, 0.25) is 15.9 Å². The van der Waals surface area contributed by atoms with Gasteiger partial charge in [0.1, 0.15) is 5.52 Å². The third kappa shape index (κ3) is 3.97. The van der Waals surface area contributed by atoms with Gasteiger partial charge in [0.25, 0.3) is 0 Å². The van der Waals surface area contributed by atoms with Crippen molar-refractivity contribution in [2.45, 2.75) is 57.4 Å². The van der Waals surface area contributed by atoms with Crippen LogP contribution in [0.15, 0.2) is 23.1 Å². The van der Waals surface area contributed by atoms with E-state index in [1.165, 1.54) is 4.31 Å². The fourth-order valence-corrected chi connectivity index (χ4v) is 6.01. The Morgan fingerprint density at radius 2 is 1.87 bits per heavy atom. The van der Waals surface area contributed by atoms with E-state index in [0.717, 1.165) is 37.9 Å². The monoisotopic (exact) mass is 433 g/mol. The normalized spacial score (nSPS) is 22.1. The van der Waals surface area contributed by atoms with E-state index < -0.39 is 10.0 Å². The molecule has 2 aromatic rings. The van der Waals surface area contributed by atoms with Crippen LogP contribution in [0.4, 0.5) is 0 Å². The summed E-state index contributed by atoms with van der Waals surface area (Å²) in [6, 6.07) is 5.12. The van der Waals surface area contributed by atoms with Gasteiger partial charge in [-0.25, -0.2) is 13.1 Å². The standard InChI is InChI=1S/C21H31N5O3S/c1-15(2)26-20-7-6-18(13-19(20)22-23-26)30(28,29)25-10-4-5-17(14-25)21(27)24-11-8-16(3)9-12-24/h6-7,13,15-17H,4-5,8-12,14H2,1-3H3. The van der Waals surface area contributed by atoms with Crippen LogP contribution < -0.4 is 0 Å². The molecule has 0 radical (unpaired) electrons. The summed E-state index contributed by atoms with van der Waals surface area (Å²) in [5, 5.41) is 8.27. The van der Waals surface area contributed by atoms with Crippen molar-refractivity contribution in [2.24, 2.45) is 11.8 Å². The zero-order chi connectivity index (χ0) is 21.5. The summed E-state index contributed by atoms with van der Waals surface area (Å²) in [4.78, 5) is 15.1. The first-order chi connectivity index (χ1) is 14.3. The number of carbonyl (C=O) groups excluding carboxylic acids is 1. The highest BCUT2D eigenvalue weighted by molar-refractivity contribution is 7.89. The summed E-state index contributed by atoms with van der Waals surface area (Å²) < 4.78 is 29.9. The minimum atomic E-state index is -3.68. The number of aromatic nitrogens is 3. The molecule has 1 atom stereocenters. The van der Waals surface area contributed by atoms with Gasteiger partial charge < -0.3 is 4.90 Å². The lowest BCUT2D eigenvalue weighted by molar-refractivity contribution is -0.138. The Labute approximate surface area is 178 Å². The largest absolute Gasteiger partial charge is 0.342 e. The van der Waals surface area contributed by atoms with E-state index in [0.29, 0.717) is 24.4 Å². The van der Waals surface area contributed by atoms with Gasteiger partial charge in [0.15, 0.2) is 0 Å². The minimum Gasteiger partial charge on any atom is -0.342 e. The smallest absolute Gasteiger partial charge is 0.243 e. The van der Waals surface area contributed by atoms with E-state index in [1.807, 2.05) is 18.7 Å². The molecule has 0 saturated carbocycles. The maximum Gasteiger partial charge on any atom is 0.243 e. The second kappa shape index (κ2) is 8.26. The molecular weight excluding hydrogens is 402 g/mol. The van der Waals surface area contributed by atoms with Crippen LogP contribution in [0.5, 0.6) is 0 Å². The maximum absolute atomic E-state index is 13.3. The number of amides is 1. The van der Waals surface area contributed by atoms with E-state index in [1.54, 1.807) is 22.9 Å². The molecule has 1 unspecified atom stereocenters. The molecule has 1 amide bonds. The van der Waals surface area contributed by atoms with Crippen molar-refractivity contribution in [3.8, 4) is 0 Å². The number of carbonyl (C=O) groups is 1. The highest BCUT2D eigenvalue weighted by Gasteiger charge is 2.36. The number of likely N-dealkylation sites (tertiary alicyclic amines) is 1. The zero-order valence-corrected chi connectivity index (χ0v) is 18.8. The number of sulfonamides is 1. The topological polar surface area (TPSA) is 88.4 Å². The van der Waals surface area contributed by atoms with Gasteiger partial charge in [0.05, 0.1) is 16.3 Å². The number of hydrogen-bond donors (Lipinski definition) is 0. The quantitative estimate of drug-likeness (QED) is 0.740. The summed E-state index contributed by atoms with van der Waals surface area (Å²) in [5.41, 5.74) is 1.38. The van der Waals surface area contributed by atoms with Gasteiger partial charge in [-0.05, 0) is 63.6 Å². The second-order valence-corrected chi connectivity index (χ2v) is 10.9. The molecule has 1 aromatic heterocycles. The average molecular weight is 434 g/mol. The first-order valence-electron chi connectivity index (χ1n) is 10.9. The van der Waals surface area contributed by atoms with Crippen molar-refractivity contribution in [1.29, 1.82) is 0 Å². The van der Waals surface area contributed by atoms with Gasteiger partial charge in [-0.15, -0.1) is 5.10 Å². The molecule has 164 valence electrons. The van der Waals surface area contributed by atoms with Crippen molar-refractivity contribution in [2.75, 3.05) is 26.2 Å². The molecule has 9 heteroatoms. The fraction of sp³-hybridized carbons (Fsp3) is 0.667. The van der Waals surface area contributed by atoms with E-state index >= 15 is 0 Å². The number of benzene rings is 1. The SMILES string of the molecule is CC1CCN(C(=O)C2CCCN(S(=O)(=O)c3ccc4c(c3)nnn4C(C)C)C2)CC1. The lowest BCUT2D eigenvalue weighted by Gasteiger charge is -2.36. The van der Waals surface area contributed by atoms with E-state index in [2.05, 4.69) is 17.2 Å². The Kier molecular flexibility index (Phi) is 5.85. The first-order valence-corrected chi connectivity index (χ1v) is 12.3. The molecule has 30 heavy (non-hydrogen) atoms. The minimum absolute atomic E-state index is 0.108. The molecule has 2 aliphatic heterocycles. The van der Waals surface area contributed by atoms with Gasteiger partial charge in [-0.2, -0.15) is 4.31 Å². The van der Waals surface area contributed by atoms with Crippen LogP contribution in [0.1, 0.15) is 52.5 Å². The zero-order valence-electron chi connectivity index (χ0n) is 18.0. The predicted octanol–water partition coefficient (Wildman–Crippen LogP) is 2.67. The first kappa shape index (κ1) is 21.2. The van der Waals surface area contributed by atoms with Crippen molar-refractivity contribution in [3.05, 3.63) is 18.2 Å². The third-order valence-electron chi connectivity index (χ3n) is 6.40. The molecule has 8 nitrogen and oxygen atoms in total. The molecule has 2 aliphatic rings. The summed E-state index contributed by atoms with van der Waals surface area (Å²) in [6.45, 7) is 8.49. The molecular formula is C21H31N5O3S. The Morgan fingerprint density at radius 1 is 1.13 bits per heavy atom. The summed E-state index contributed by atoms with van der Waals surface area (Å²) in [7, 11) is -3.68. The van der Waals surface area contributed by atoms with E-state index in [9.17, 15) is 13.2 Å². The number of piperidine rings is 2. The number of nitrogens with zero attached hydrogens (tertiary/aromatic N) is 5. The summed E-state index contributed by atoms with van der Waals surface area (Å²) >= 11 is 0. The molecule has 1 aromatic carbocycles. The van der Waals surface area contributed by atoms with Crippen LogP contribution >= 0.6 is 0 Å². The van der Waals surface area contributed by atoms with Crippen LogP contribution in [0, 0.1) is 11.8 Å². The lowest BCUT2D eigenvalue weighted by Crippen LogP contribution is -2.48. The number of rotatable bonds is 4. The van der Waals surface area contributed by atoms with Crippen LogP contribution in [0.3, 0.4) is 0 Å². The van der Waals surface area contributed by atoms with Crippen molar-refractivity contribution in [3.63, 3.8) is 0 Å². The molecule has 0 spiro atoms. The van der Waals surface area contributed by atoms with Crippen molar-refractivity contribution in [1.82, 2.24) is 24.2 Å². The molecule has 0 aliphatic carbocycles. The highest BCUT2D eigenvalue weighted by atomic mass is 32.2. The molecule has 0 bridgehead atoms. The van der Waals surface area contributed by atoms with Crippen molar-refractivity contribution < 1.29 is 13.2 Å². The van der Waals surface area contributed by atoms with Gasteiger partial charge >= 0.3 is 0 Å². The fourth-order valence-electron chi connectivity index (χ4n) is 4.46. The Balaban J connectivity index is 1.52. The van der Waals surface area contributed by atoms with Crippen LogP contribution in [-0.4, -0.2) is 64.7 Å².